The quantitative estimate of drug-likeness (QED) is 0.404. The van der Waals surface area contributed by atoms with Gasteiger partial charge in [0.2, 0.25) is 0 Å². The van der Waals surface area contributed by atoms with Crippen LogP contribution in [0.15, 0.2) is 53.1 Å². The summed E-state index contributed by atoms with van der Waals surface area (Å²) in [5, 5.41) is 2.37. The Morgan fingerprint density at radius 1 is 0.840 bits per heavy atom. The molecule has 3 heteroatoms. The summed E-state index contributed by atoms with van der Waals surface area (Å²) in [5.74, 6) is 7.27. The Hall–Kier alpha value is -2.07. The molecule has 0 atom stereocenters. The summed E-state index contributed by atoms with van der Waals surface area (Å²) >= 11 is -1.88. The number of hydrogen-bond donors (Lipinski definition) is 0. The summed E-state index contributed by atoms with van der Waals surface area (Å²) in [5.41, 5.74) is 6.38. The molecule has 25 heavy (non-hydrogen) atoms. The number of benzene rings is 2. The topological polar surface area (TPSA) is 26.0 Å². The average Bonchev–Trinajstić information content (AvgIpc) is 2.90. The van der Waals surface area contributed by atoms with Gasteiger partial charge in [0.1, 0.15) is 0 Å². The Kier molecular flexibility index (Phi) is 3.76. The maximum atomic E-state index is 6.24. The maximum absolute atomic E-state index is 6.24. The van der Waals surface area contributed by atoms with E-state index >= 15 is 0 Å². The SMILES string of the molecule is Cc1cc(C)cc(-c2nccc3c2oc2cc[c]([Ge]([CH3])([CH3])[CH3])cc23)c1. The molecule has 0 aliphatic rings. The molecule has 0 aliphatic carbocycles. The summed E-state index contributed by atoms with van der Waals surface area (Å²) in [6.07, 6.45) is 1.90. The molecule has 0 aliphatic heterocycles. The van der Waals surface area contributed by atoms with Crippen molar-refractivity contribution in [1.29, 1.82) is 0 Å². The third-order valence-corrected chi connectivity index (χ3v) is 9.03. The van der Waals surface area contributed by atoms with E-state index in [1.165, 1.54) is 20.9 Å². The van der Waals surface area contributed by atoms with Gasteiger partial charge in [-0.2, -0.15) is 0 Å². The average molecular weight is 390 g/mol. The van der Waals surface area contributed by atoms with E-state index in [1.807, 2.05) is 6.20 Å². The van der Waals surface area contributed by atoms with Crippen LogP contribution >= 0.6 is 0 Å². The van der Waals surface area contributed by atoms with Crippen molar-refractivity contribution < 1.29 is 4.42 Å². The summed E-state index contributed by atoms with van der Waals surface area (Å²) in [6.45, 7) is 4.24. The van der Waals surface area contributed by atoms with Crippen molar-refractivity contribution in [1.82, 2.24) is 4.98 Å². The van der Waals surface area contributed by atoms with E-state index in [2.05, 4.69) is 78.6 Å². The first-order valence-electron chi connectivity index (χ1n) is 8.73. The van der Waals surface area contributed by atoms with Crippen LogP contribution in [0.5, 0.6) is 0 Å². The van der Waals surface area contributed by atoms with E-state index in [4.69, 9.17) is 4.42 Å². The minimum atomic E-state index is -1.88. The fraction of sp³-hybridized carbons (Fsp3) is 0.227. The zero-order valence-corrected chi connectivity index (χ0v) is 17.6. The number of pyridine rings is 1. The second-order valence-electron chi connectivity index (χ2n) is 7.98. The molecular weight excluding hydrogens is 367 g/mol. The molecule has 2 aromatic heterocycles. The van der Waals surface area contributed by atoms with E-state index in [1.54, 1.807) is 0 Å². The van der Waals surface area contributed by atoms with Crippen LogP contribution in [0.2, 0.25) is 17.3 Å². The molecule has 0 saturated carbocycles. The van der Waals surface area contributed by atoms with Crippen LogP contribution in [0, 0.1) is 13.8 Å². The second-order valence-corrected chi connectivity index (χ2v) is 18.6. The van der Waals surface area contributed by atoms with Gasteiger partial charge in [-0.15, -0.1) is 0 Å². The third-order valence-electron chi connectivity index (χ3n) is 4.75. The number of aryl methyl sites for hydroxylation is 2. The molecule has 0 saturated heterocycles. The van der Waals surface area contributed by atoms with Crippen LogP contribution in [-0.4, -0.2) is 18.3 Å². The number of rotatable bonds is 2. The van der Waals surface area contributed by atoms with Crippen LogP contribution in [0.25, 0.3) is 33.2 Å². The van der Waals surface area contributed by atoms with E-state index in [0.29, 0.717) is 0 Å². The molecule has 4 rings (SSSR count). The van der Waals surface area contributed by atoms with Gasteiger partial charge in [0.15, 0.2) is 0 Å². The molecule has 0 N–H and O–H groups in total. The van der Waals surface area contributed by atoms with E-state index in [9.17, 15) is 0 Å². The standard InChI is InChI=1S/C22H23GeNO/c1-14-10-15(2)12-16(11-14)21-22-18(8-9-24-21)19-13-17(23(3,4)5)6-7-20(19)25-22/h6-13H,1-5H3. The number of hydrogen-bond acceptors (Lipinski definition) is 2. The van der Waals surface area contributed by atoms with Gasteiger partial charge in [0.25, 0.3) is 0 Å². The van der Waals surface area contributed by atoms with Crippen molar-refractivity contribution in [3.8, 4) is 11.3 Å². The third kappa shape index (κ3) is 2.89. The van der Waals surface area contributed by atoms with E-state index in [0.717, 1.165) is 27.8 Å². The van der Waals surface area contributed by atoms with Crippen molar-refractivity contribution in [3.63, 3.8) is 0 Å². The first-order chi connectivity index (χ1) is 11.8. The number of nitrogens with zero attached hydrogens (tertiary/aromatic N) is 1. The summed E-state index contributed by atoms with van der Waals surface area (Å²) in [4.78, 5) is 4.64. The fourth-order valence-corrected chi connectivity index (χ4v) is 5.92. The van der Waals surface area contributed by atoms with Crippen LogP contribution < -0.4 is 4.40 Å². The molecule has 0 unspecified atom stereocenters. The number of aromatic nitrogens is 1. The summed E-state index contributed by atoms with van der Waals surface area (Å²) < 4.78 is 7.74. The molecule has 0 amide bonds. The molecule has 0 radical (unpaired) electrons. The second kappa shape index (κ2) is 5.74. The minimum absolute atomic E-state index is 0.890. The van der Waals surface area contributed by atoms with Gasteiger partial charge in [-0.1, -0.05) is 0 Å². The Labute approximate surface area is 151 Å². The summed E-state index contributed by atoms with van der Waals surface area (Å²) in [7, 11) is 0. The van der Waals surface area contributed by atoms with Crippen LogP contribution in [0.1, 0.15) is 11.1 Å². The van der Waals surface area contributed by atoms with Gasteiger partial charge < -0.3 is 0 Å². The Morgan fingerprint density at radius 3 is 2.24 bits per heavy atom. The molecule has 2 aromatic carbocycles. The molecule has 2 heterocycles. The predicted molar refractivity (Wildman–Crippen MR) is 109 cm³/mol. The van der Waals surface area contributed by atoms with Crippen molar-refractivity contribution in [2.24, 2.45) is 0 Å². The Balaban J connectivity index is 2.02. The number of fused-ring (bicyclic) bond motifs is 3. The molecule has 126 valence electrons. The Bertz CT molecular complexity index is 1080. The van der Waals surface area contributed by atoms with Gasteiger partial charge in [-0.25, -0.2) is 0 Å². The first-order valence-corrected chi connectivity index (χ1v) is 16.1. The van der Waals surface area contributed by atoms with Crippen molar-refractivity contribution >= 4 is 39.6 Å². The van der Waals surface area contributed by atoms with Crippen molar-refractivity contribution in [2.75, 3.05) is 0 Å². The molecular formula is C22H23GeNO. The number of furan rings is 1. The van der Waals surface area contributed by atoms with Gasteiger partial charge in [0.05, 0.1) is 0 Å². The van der Waals surface area contributed by atoms with Crippen LogP contribution in [-0.2, 0) is 0 Å². The normalized spacial score (nSPS) is 12.2. The van der Waals surface area contributed by atoms with Gasteiger partial charge >= 0.3 is 151 Å². The molecule has 4 aromatic rings. The zero-order valence-electron chi connectivity index (χ0n) is 15.5. The fourth-order valence-electron chi connectivity index (χ4n) is 3.49. The molecule has 2 nitrogen and oxygen atoms in total. The van der Waals surface area contributed by atoms with Gasteiger partial charge in [0, 0.05) is 0 Å². The molecule has 0 fully saturated rings. The molecule has 0 bridgehead atoms. The first kappa shape index (κ1) is 16.4. The van der Waals surface area contributed by atoms with E-state index < -0.39 is 13.3 Å². The van der Waals surface area contributed by atoms with Gasteiger partial charge in [-0.05, 0) is 0 Å². The zero-order chi connectivity index (χ0) is 17.8. The monoisotopic (exact) mass is 391 g/mol. The van der Waals surface area contributed by atoms with Crippen LogP contribution in [0.3, 0.4) is 0 Å². The van der Waals surface area contributed by atoms with E-state index in [-0.39, 0.29) is 0 Å². The van der Waals surface area contributed by atoms with Crippen molar-refractivity contribution in [2.45, 2.75) is 31.1 Å². The predicted octanol–water partition coefficient (Wildman–Crippen LogP) is 5.81. The van der Waals surface area contributed by atoms with Crippen LogP contribution in [0.4, 0.5) is 0 Å². The van der Waals surface area contributed by atoms with Gasteiger partial charge in [-0.3, -0.25) is 0 Å². The Morgan fingerprint density at radius 2 is 1.56 bits per heavy atom. The molecule has 0 spiro atoms. The summed E-state index contributed by atoms with van der Waals surface area (Å²) in [6, 6.07) is 15.3. The van der Waals surface area contributed by atoms with Crippen molar-refractivity contribution in [3.05, 3.63) is 59.8 Å².